The highest BCUT2D eigenvalue weighted by molar-refractivity contribution is 5.82. The number of benzene rings is 2. The zero-order valence-corrected chi connectivity index (χ0v) is 17.9. The van der Waals surface area contributed by atoms with Crippen molar-refractivity contribution in [3.05, 3.63) is 60.7 Å². The van der Waals surface area contributed by atoms with Gasteiger partial charge in [0.1, 0.15) is 0 Å². The van der Waals surface area contributed by atoms with Gasteiger partial charge in [0.25, 0.3) is 0 Å². The number of fused-ring (bicyclic) bond motifs is 1. The van der Waals surface area contributed by atoms with Gasteiger partial charge in [-0.15, -0.1) is 6.58 Å². The molecule has 2 aromatic rings. The van der Waals surface area contributed by atoms with E-state index in [-0.39, 0.29) is 0 Å². The molecule has 0 saturated carbocycles. The van der Waals surface area contributed by atoms with Crippen LogP contribution in [0.3, 0.4) is 0 Å². The number of nitrogens with one attached hydrogen (secondary N) is 1. The first-order valence-electron chi connectivity index (χ1n) is 9.90. The van der Waals surface area contributed by atoms with Gasteiger partial charge in [-0.1, -0.05) is 97.0 Å². The Balaban J connectivity index is 0. The molecule has 0 aliphatic carbocycles. The molecule has 2 aromatic carbocycles. The van der Waals surface area contributed by atoms with E-state index in [9.17, 15) is 0 Å². The molecule has 142 valence electrons. The molecule has 1 heteroatoms. The summed E-state index contributed by atoms with van der Waals surface area (Å²) in [7, 11) is 0. The fourth-order valence-corrected chi connectivity index (χ4v) is 2.14. The Morgan fingerprint density at radius 3 is 1.92 bits per heavy atom. The largest absolute Gasteiger partial charge is 0.314 e. The fraction of sp³-hybridized carbons (Fsp3) is 0.500. The van der Waals surface area contributed by atoms with Gasteiger partial charge in [0.15, 0.2) is 0 Å². The minimum atomic E-state index is 0.547. The lowest BCUT2D eigenvalue weighted by atomic mass is 10.0. The van der Waals surface area contributed by atoms with Crippen molar-refractivity contribution < 1.29 is 0 Å². The molecular weight excluding hydrogens is 302 g/mol. The summed E-state index contributed by atoms with van der Waals surface area (Å²) < 4.78 is 0. The minimum absolute atomic E-state index is 0.547. The molecule has 0 saturated heterocycles. The van der Waals surface area contributed by atoms with Gasteiger partial charge < -0.3 is 5.32 Å². The highest BCUT2D eigenvalue weighted by Crippen LogP contribution is 2.16. The van der Waals surface area contributed by atoms with Crippen LogP contribution in [0, 0.1) is 5.92 Å². The number of hydrogen-bond donors (Lipinski definition) is 1. The van der Waals surface area contributed by atoms with E-state index in [1.807, 2.05) is 33.8 Å². The molecule has 0 aliphatic rings. The third kappa shape index (κ3) is 12.4. The van der Waals surface area contributed by atoms with Crippen molar-refractivity contribution >= 4 is 10.8 Å². The van der Waals surface area contributed by atoms with E-state index in [1.165, 1.54) is 16.3 Å². The van der Waals surface area contributed by atoms with Crippen molar-refractivity contribution in [1.29, 1.82) is 0 Å². The summed E-state index contributed by atoms with van der Waals surface area (Å²) in [5, 5.41) is 6.10. The Morgan fingerprint density at radius 1 is 0.920 bits per heavy atom. The molecule has 0 heterocycles. The number of rotatable bonds is 5. The van der Waals surface area contributed by atoms with E-state index in [4.69, 9.17) is 0 Å². The maximum atomic E-state index is 3.56. The van der Waals surface area contributed by atoms with Crippen molar-refractivity contribution in [3.63, 3.8) is 0 Å². The smallest absolute Gasteiger partial charge is 0.00790 e. The summed E-state index contributed by atoms with van der Waals surface area (Å²) in [5.41, 5.74) is 1.41. The molecule has 1 N–H and O–H groups in total. The number of likely N-dealkylation sites (N-methyl/N-ethyl adjacent to an activating group) is 1. The van der Waals surface area contributed by atoms with Gasteiger partial charge in [0, 0.05) is 6.04 Å². The Labute approximate surface area is 157 Å². The van der Waals surface area contributed by atoms with Gasteiger partial charge in [-0.05, 0) is 42.1 Å². The topological polar surface area (TPSA) is 12.0 Å². The lowest BCUT2D eigenvalue weighted by Crippen LogP contribution is -2.27. The van der Waals surface area contributed by atoms with E-state index < -0.39 is 0 Å². The molecule has 1 unspecified atom stereocenters. The van der Waals surface area contributed by atoms with Crippen LogP contribution in [0.5, 0.6) is 0 Å². The number of hydrogen-bond acceptors (Lipinski definition) is 1. The lowest BCUT2D eigenvalue weighted by Gasteiger charge is -2.12. The Hall–Kier alpha value is -1.60. The zero-order chi connectivity index (χ0) is 19.7. The van der Waals surface area contributed by atoms with Gasteiger partial charge in [0.05, 0.1) is 0 Å². The third-order valence-electron chi connectivity index (χ3n) is 3.38. The summed E-state index contributed by atoms with van der Waals surface area (Å²) in [6.45, 7) is 21.2. The molecule has 0 spiro atoms. The van der Waals surface area contributed by atoms with Crippen LogP contribution in [0.4, 0.5) is 0 Å². The second kappa shape index (κ2) is 17.2. The van der Waals surface area contributed by atoms with Crippen molar-refractivity contribution in [2.45, 2.75) is 67.9 Å². The van der Waals surface area contributed by atoms with Crippen LogP contribution >= 0.6 is 0 Å². The maximum absolute atomic E-state index is 3.56. The van der Waals surface area contributed by atoms with Gasteiger partial charge in [-0.3, -0.25) is 0 Å². The average molecular weight is 344 g/mol. The summed E-state index contributed by atoms with van der Waals surface area (Å²) in [6, 6.07) is 15.8. The minimum Gasteiger partial charge on any atom is -0.314 e. The summed E-state index contributed by atoms with van der Waals surface area (Å²) in [6.07, 6.45) is 3.01. The monoisotopic (exact) mass is 343 g/mol. The molecule has 1 atom stereocenters. The van der Waals surface area contributed by atoms with Gasteiger partial charge in [-0.25, -0.2) is 0 Å². The highest BCUT2D eigenvalue weighted by Gasteiger charge is 2.02. The van der Waals surface area contributed by atoms with Crippen LogP contribution in [0.1, 0.15) is 61.0 Å². The molecule has 0 fully saturated rings. The van der Waals surface area contributed by atoms with E-state index in [2.05, 4.69) is 82.1 Å². The predicted molar refractivity (Wildman–Crippen MR) is 119 cm³/mol. The van der Waals surface area contributed by atoms with E-state index in [0.29, 0.717) is 12.0 Å². The quantitative estimate of drug-likeness (QED) is 0.563. The summed E-state index contributed by atoms with van der Waals surface area (Å²) in [4.78, 5) is 0. The molecule has 0 bridgehead atoms. The molecule has 0 radical (unpaired) electrons. The second-order valence-electron chi connectivity index (χ2n) is 5.82. The molecule has 2 rings (SSSR count). The van der Waals surface area contributed by atoms with E-state index >= 15 is 0 Å². The zero-order valence-electron chi connectivity index (χ0n) is 17.9. The summed E-state index contributed by atoms with van der Waals surface area (Å²) in [5.74, 6) is 0.648. The lowest BCUT2D eigenvalue weighted by molar-refractivity contribution is 0.565. The molecule has 0 aliphatic heterocycles. The molecule has 1 nitrogen and oxygen atoms in total. The Morgan fingerprint density at radius 2 is 1.44 bits per heavy atom. The third-order valence-corrected chi connectivity index (χ3v) is 3.38. The number of allylic oxidation sites excluding steroid dienone is 1. The first kappa shape index (κ1) is 25.6. The van der Waals surface area contributed by atoms with Gasteiger partial charge in [0.2, 0.25) is 0 Å². The first-order valence-corrected chi connectivity index (χ1v) is 9.90. The van der Waals surface area contributed by atoms with Crippen LogP contribution in [-0.2, 0) is 6.42 Å². The second-order valence-corrected chi connectivity index (χ2v) is 5.82. The maximum Gasteiger partial charge on any atom is 0.00790 e. The Kier molecular flexibility index (Phi) is 17.7. The average Bonchev–Trinajstić information content (AvgIpc) is 2.65. The van der Waals surface area contributed by atoms with Crippen LogP contribution in [0.15, 0.2) is 55.1 Å². The van der Waals surface area contributed by atoms with Crippen LogP contribution in [0.2, 0.25) is 0 Å². The molecular formula is C24H41N. The van der Waals surface area contributed by atoms with Crippen molar-refractivity contribution in [3.8, 4) is 0 Å². The fourth-order valence-electron chi connectivity index (χ4n) is 2.14. The summed E-state index contributed by atoms with van der Waals surface area (Å²) >= 11 is 0. The van der Waals surface area contributed by atoms with Crippen LogP contribution in [-0.4, -0.2) is 12.6 Å². The highest BCUT2D eigenvalue weighted by atomic mass is 14.9. The van der Waals surface area contributed by atoms with Crippen molar-refractivity contribution in [2.75, 3.05) is 6.54 Å². The first-order chi connectivity index (χ1) is 12.1. The molecule has 25 heavy (non-hydrogen) atoms. The standard InChI is InChI=1S/C15H19N.C5H10.2C2H6/c1-3-16-12(2)10-13-8-9-14-6-4-5-7-15(14)11-13;1-4-5(2)3;2*1-2/h4-9,11-12,16H,3,10H2,1-2H3;4-5H,1H2,2-3H3;2*1-2H3. The van der Waals surface area contributed by atoms with Gasteiger partial charge >= 0.3 is 0 Å². The molecule has 0 aromatic heterocycles. The van der Waals surface area contributed by atoms with Crippen LogP contribution in [0.25, 0.3) is 10.8 Å². The van der Waals surface area contributed by atoms with Crippen LogP contribution < -0.4 is 5.32 Å². The normalized spacial score (nSPS) is 10.4. The predicted octanol–water partition coefficient (Wildman–Crippen LogP) is 7.26. The van der Waals surface area contributed by atoms with Crippen molar-refractivity contribution in [2.24, 2.45) is 5.92 Å². The van der Waals surface area contributed by atoms with Gasteiger partial charge in [-0.2, -0.15) is 0 Å². The SMILES string of the molecule is C=CC(C)C.CC.CC.CCNC(C)Cc1ccc2ccccc2c1. The van der Waals surface area contributed by atoms with E-state index in [1.54, 1.807) is 0 Å². The Bertz CT molecular complexity index is 543. The van der Waals surface area contributed by atoms with E-state index in [0.717, 1.165) is 13.0 Å². The van der Waals surface area contributed by atoms with Crippen molar-refractivity contribution in [1.82, 2.24) is 5.32 Å². The molecule has 0 amide bonds.